The van der Waals surface area contributed by atoms with Gasteiger partial charge in [-0.05, 0) is 38.5 Å². The van der Waals surface area contributed by atoms with Crippen LogP contribution in [0.2, 0.25) is 0 Å². The van der Waals surface area contributed by atoms with Crippen LogP contribution in [0.25, 0.3) is 0 Å². The molecular weight excluding hydrogens is 295 g/mol. The third-order valence-electron chi connectivity index (χ3n) is 3.60. The van der Waals surface area contributed by atoms with E-state index >= 15 is 0 Å². The van der Waals surface area contributed by atoms with Gasteiger partial charge in [-0.25, -0.2) is 12.8 Å². The van der Waals surface area contributed by atoms with Crippen LogP contribution < -0.4 is 5.73 Å². The van der Waals surface area contributed by atoms with E-state index in [1.54, 1.807) is 0 Å². The Kier molecular flexibility index (Phi) is 4.67. The highest BCUT2D eigenvalue weighted by molar-refractivity contribution is 7.89. The van der Waals surface area contributed by atoms with Crippen molar-refractivity contribution in [2.45, 2.75) is 44.4 Å². The van der Waals surface area contributed by atoms with Crippen molar-refractivity contribution in [1.29, 1.82) is 0 Å². The van der Waals surface area contributed by atoms with E-state index < -0.39 is 15.8 Å². The van der Waals surface area contributed by atoms with Crippen LogP contribution in [0.3, 0.4) is 0 Å². The highest BCUT2D eigenvalue weighted by Gasteiger charge is 2.33. The average molecular weight is 316 g/mol. The van der Waals surface area contributed by atoms with Crippen molar-refractivity contribution in [3.05, 3.63) is 29.1 Å². The molecule has 0 unspecified atom stereocenters. The molecule has 7 heteroatoms. The standard InChI is InChI=1S/C14H21FN2O3S/c1-9-7-17(8-10(2)20-9)21(18,19)14-5-12(6-16)4-13(15)11(14)3/h4-5,9-10H,6-8,16H2,1-3H3/t9-,10+. The molecule has 0 bridgehead atoms. The lowest BCUT2D eigenvalue weighted by atomic mass is 10.1. The quantitative estimate of drug-likeness (QED) is 0.914. The molecule has 2 rings (SSSR count). The van der Waals surface area contributed by atoms with E-state index in [1.165, 1.54) is 23.4 Å². The molecule has 0 spiro atoms. The van der Waals surface area contributed by atoms with Crippen LogP contribution in [0, 0.1) is 12.7 Å². The number of halogens is 1. The first-order valence-electron chi connectivity index (χ1n) is 6.90. The molecule has 5 nitrogen and oxygen atoms in total. The second-order valence-electron chi connectivity index (χ2n) is 5.48. The zero-order valence-electron chi connectivity index (χ0n) is 12.5. The second kappa shape index (κ2) is 6.00. The van der Waals surface area contributed by atoms with Gasteiger partial charge in [-0.15, -0.1) is 0 Å². The van der Waals surface area contributed by atoms with E-state index in [2.05, 4.69) is 0 Å². The Morgan fingerprint density at radius 3 is 2.43 bits per heavy atom. The van der Waals surface area contributed by atoms with Crippen molar-refractivity contribution in [1.82, 2.24) is 4.31 Å². The van der Waals surface area contributed by atoms with E-state index in [-0.39, 0.29) is 42.3 Å². The van der Waals surface area contributed by atoms with Gasteiger partial charge < -0.3 is 10.5 Å². The largest absolute Gasteiger partial charge is 0.373 e. The van der Waals surface area contributed by atoms with Crippen LogP contribution in [0.1, 0.15) is 25.0 Å². The van der Waals surface area contributed by atoms with Gasteiger partial charge in [0, 0.05) is 25.2 Å². The van der Waals surface area contributed by atoms with Crippen LogP contribution in [0.5, 0.6) is 0 Å². The van der Waals surface area contributed by atoms with E-state index in [0.29, 0.717) is 5.56 Å². The third-order valence-corrected chi connectivity index (χ3v) is 5.55. The van der Waals surface area contributed by atoms with Gasteiger partial charge in [0.05, 0.1) is 17.1 Å². The minimum atomic E-state index is -3.76. The number of rotatable bonds is 3. The SMILES string of the molecule is Cc1c(F)cc(CN)cc1S(=O)(=O)N1C[C@@H](C)O[C@@H](C)C1. The molecule has 1 heterocycles. The molecule has 0 radical (unpaired) electrons. The molecule has 118 valence electrons. The molecule has 1 aromatic rings. The lowest BCUT2D eigenvalue weighted by molar-refractivity contribution is -0.0441. The highest BCUT2D eigenvalue weighted by Crippen LogP contribution is 2.26. The summed E-state index contributed by atoms with van der Waals surface area (Å²) in [6.45, 7) is 5.73. The summed E-state index contributed by atoms with van der Waals surface area (Å²) in [7, 11) is -3.76. The van der Waals surface area contributed by atoms with Crippen LogP contribution in [0.15, 0.2) is 17.0 Å². The summed E-state index contributed by atoms with van der Waals surface area (Å²) in [6, 6.07) is 2.73. The Balaban J connectivity index is 2.46. The molecule has 21 heavy (non-hydrogen) atoms. The third kappa shape index (κ3) is 3.26. The first kappa shape index (κ1) is 16.4. The van der Waals surface area contributed by atoms with Gasteiger partial charge in [0.25, 0.3) is 0 Å². The molecule has 2 atom stereocenters. The monoisotopic (exact) mass is 316 g/mol. The van der Waals surface area contributed by atoms with Crippen molar-refractivity contribution >= 4 is 10.0 Å². The van der Waals surface area contributed by atoms with Crippen molar-refractivity contribution in [2.75, 3.05) is 13.1 Å². The summed E-state index contributed by atoms with van der Waals surface area (Å²) in [5, 5.41) is 0. The zero-order valence-corrected chi connectivity index (χ0v) is 13.3. The molecule has 1 aliphatic heterocycles. The van der Waals surface area contributed by atoms with Crippen molar-refractivity contribution in [3.63, 3.8) is 0 Å². The fourth-order valence-electron chi connectivity index (χ4n) is 2.56. The fraction of sp³-hybridized carbons (Fsp3) is 0.571. The number of sulfonamides is 1. The Morgan fingerprint density at radius 2 is 1.90 bits per heavy atom. The predicted octanol–water partition coefficient (Wildman–Crippen LogP) is 1.39. The van der Waals surface area contributed by atoms with Gasteiger partial charge in [-0.1, -0.05) is 0 Å². The second-order valence-corrected chi connectivity index (χ2v) is 7.39. The summed E-state index contributed by atoms with van der Waals surface area (Å²) in [6.07, 6.45) is -0.377. The molecule has 0 aliphatic carbocycles. The van der Waals surface area contributed by atoms with Gasteiger partial charge in [0.2, 0.25) is 10.0 Å². The number of hydrogen-bond donors (Lipinski definition) is 1. The zero-order chi connectivity index (χ0) is 15.8. The molecular formula is C14H21FN2O3S. The lowest BCUT2D eigenvalue weighted by Crippen LogP contribution is -2.48. The molecule has 1 aliphatic rings. The topological polar surface area (TPSA) is 72.6 Å². The van der Waals surface area contributed by atoms with Crippen LogP contribution in [-0.2, 0) is 21.3 Å². The Bertz CT molecular complexity index is 623. The lowest BCUT2D eigenvalue weighted by Gasteiger charge is -2.34. The van der Waals surface area contributed by atoms with Crippen molar-refractivity contribution in [2.24, 2.45) is 5.73 Å². The summed E-state index contributed by atoms with van der Waals surface area (Å²) in [5.74, 6) is -0.550. The molecule has 1 saturated heterocycles. The first-order valence-corrected chi connectivity index (χ1v) is 8.34. The summed E-state index contributed by atoms with van der Waals surface area (Å²) >= 11 is 0. The molecule has 2 N–H and O–H groups in total. The summed E-state index contributed by atoms with van der Waals surface area (Å²) < 4.78 is 46.4. The van der Waals surface area contributed by atoms with Crippen LogP contribution >= 0.6 is 0 Å². The van der Waals surface area contributed by atoms with E-state index in [4.69, 9.17) is 10.5 Å². The number of morpholine rings is 1. The Labute approximate surface area is 124 Å². The maximum Gasteiger partial charge on any atom is 0.243 e. The minimum Gasteiger partial charge on any atom is -0.373 e. The van der Waals surface area contributed by atoms with Crippen molar-refractivity contribution < 1.29 is 17.5 Å². The maximum absolute atomic E-state index is 13.9. The smallest absolute Gasteiger partial charge is 0.243 e. The van der Waals surface area contributed by atoms with Gasteiger partial charge in [0.15, 0.2) is 0 Å². The summed E-state index contributed by atoms with van der Waals surface area (Å²) in [5.41, 5.74) is 6.10. The van der Waals surface area contributed by atoms with Gasteiger partial charge in [0.1, 0.15) is 5.82 Å². The fourth-order valence-corrected chi connectivity index (χ4v) is 4.43. The molecule has 0 amide bonds. The normalized spacial score (nSPS) is 24.2. The molecule has 1 fully saturated rings. The van der Waals surface area contributed by atoms with Crippen LogP contribution in [-0.4, -0.2) is 38.0 Å². The van der Waals surface area contributed by atoms with E-state index in [9.17, 15) is 12.8 Å². The molecule has 1 aromatic carbocycles. The van der Waals surface area contributed by atoms with Crippen LogP contribution in [0.4, 0.5) is 4.39 Å². The van der Waals surface area contributed by atoms with Gasteiger partial charge in [-0.2, -0.15) is 4.31 Å². The number of hydrogen-bond acceptors (Lipinski definition) is 4. The number of benzene rings is 1. The highest BCUT2D eigenvalue weighted by atomic mass is 32.2. The Morgan fingerprint density at radius 1 is 1.33 bits per heavy atom. The first-order chi connectivity index (χ1) is 9.75. The van der Waals surface area contributed by atoms with E-state index in [0.717, 1.165) is 0 Å². The molecule has 0 saturated carbocycles. The Hall–Kier alpha value is -1.02. The van der Waals surface area contributed by atoms with Gasteiger partial charge in [-0.3, -0.25) is 0 Å². The summed E-state index contributed by atoms with van der Waals surface area (Å²) in [4.78, 5) is -0.00995. The van der Waals surface area contributed by atoms with E-state index in [1.807, 2.05) is 13.8 Å². The number of nitrogens with two attached hydrogens (primary N) is 1. The number of nitrogens with zero attached hydrogens (tertiary/aromatic N) is 1. The number of ether oxygens (including phenoxy) is 1. The predicted molar refractivity (Wildman–Crippen MR) is 77.8 cm³/mol. The minimum absolute atomic E-state index is 0.00995. The van der Waals surface area contributed by atoms with Crippen molar-refractivity contribution in [3.8, 4) is 0 Å². The molecule has 0 aromatic heterocycles. The maximum atomic E-state index is 13.9. The average Bonchev–Trinajstić information content (AvgIpc) is 2.40. The van der Waals surface area contributed by atoms with Gasteiger partial charge >= 0.3 is 0 Å².